The lowest BCUT2D eigenvalue weighted by atomic mass is 9.97. The third-order valence-corrected chi connectivity index (χ3v) is 6.52. The number of benzene rings is 1. The highest BCUT2D eigenvalue weighted by Crippen LogP contribution is 2.18. The van der Waals surface area contributed by atoms with Gasteiger partial charge in [0.25, 0.3) is 11.8 Å². The Kier molecular flexibility index (Phi) is 13.0. The van der Waals surface area contributed by atoms with Gasteiger partial charge in [0.15, 0.2) is 0 Å². The summed E-state index contributed by atoms with van der Waals surface area (Å²) in [7, 11) is 0. The number of hydrogen-bond acceptors (Lipinski definition) is 8. The first-order chi connectivity index (χ1) is 20.6. The van der Waals surface area contributed by atoms with Gasteiger partial charge in [0.2, 0.25) is 17.7 Å². The molecule has 1 aliphatic rings. The molecule has 2 atom stereocenters. The van der Waals surface area contributed by atoms with Crippen molar-refractivity contribution in [3.05, 3.63) is 42.0 Å². The standard InChI is InChI=1S/C30H42N6O8/c1-18(2)25(35-22(37)16-36-23(38)13-14-24(36)39)27(41)34-21(8-6-7-15-32-29(31)43)26(40)33-20-11-9-19(10-12-20)17-44-28(42)30(3,4)5/h9-14,18,21,25H,6-8,15-17H2,1-5H3,(H,33,40)(H,34,41)(H,35,37)(H3,31,32,43)/t21-,25-/m1/s1. The number of esters is 1. The zero-order valence-electron chi connectivity index (χ0n) is 25.7. The van der Waals surface area contributed by atoms with E-state index in [9.17, 15) is 33.6 Å². The number of anilines is 1. The summed E-state index contributed by atoms with van der Waals surface area (Å²) in [5.41, 5.74) is 5.62. The van der Waals surface area contributed by atoms with E-state index in [-0.39, 0.29) is 25.5 Å². The van der Waals surface area contributed by atoms with Crippen LogP contribution in [0.2, 0.25) is 0 Å². The van der Waals surface area contributed by atoms with Crippen LogP contribution in [0.25, 0.3) is 0 Å². The van der Waals surface area contributed by atoms with Crippen LogP contribution in [-0.2, 0) is 40.1 Å². The molecule has 44 heavy (non-hydrogen) atoms. The molecule has 0 saturated heterocycles. The van der Waals surface area contributed by atoms with E-state index in [4.69, 9.17) is 10.5 Å². The topological polar surface area (TPSA) is 206 Å². The Morgan fingerprint density at radius 3 is 2.07 bits per heavy atom. The van der Waals surface area contributed by atoms with E-state index < -0.39 is 65.5 Å². The first kappa shape index (κ1) is 35.4. The quantitative estimate of drug-likeness (QED) is 0.110. The molecule has 1 heterocycles. The average molecular weight is 615 g/mol. The monoisotopic (exact) mass is 614 g/mol. The third kappa shape index (κ3) is 11.5. The van der Waals surface area contributed by atoms with Gasteiger partial charge in [0, 0.05) is 24.4 Å². The Hall–Kier alpha value is -4.75. The number of nitrogens with one attached hydrogen (secondary N) is 4. The number of amides is 7. The predicted octanol–water partition coefficient (Wildman–Crippen LogP) is 1.10. The molecule has 1 aromatic rings. The van der Waals surface area contributed by atoms with Crippen molar-refractivity contribution in [3.63, 3.8) is 0 Å². The molecule has 7 amide bonds. The van der Waals surface area contributed by atoms with Crippen LogP contribution in [-0.4, -0.2) is 71.6 Å². The Morgan fingerprint density at radius 2 is 1.52 bits per heavy atom. The average Bonchev–Trinajstić information content (AvgIpc) is 3.25. The van der Waals surface area contributed by atoms with Crippen LogP contribution >= 0.6 is 0 Å². The lowest BCUT2D eigenvalue weighted by Gasteiger charge is -2.26. The highest BCUT2D eigenvalue weighted by atomic mass is 16.5. The summed E-state index contributed by atoms with van der Waals surface area (Å²) >= 11 is 0. The summed E-state index contributed by atoms with van der Waals surface area (Å²) in [6.45, 7) is 8.46. The summed E-state index contributed by atoms with van der Waals surface area (Å²) in [6.07, 6.45) is 3.25. The van der Waals surface area contributed by atoms with E-state index in [1.807, 2.05) is 0 Å². The van der Waals surface area contributed by atoms with E-state index in [2.05, 4.69) is 21.3 Å². The fourth-order valence-corrected chi connectivity index (χ4v) is 3.98. The van der Waals surface area contributed by atoms with Crippen molar-refractivity contribution in [2.45, 2.75) is 72.6 Å². The minimum Gasteiger partial charge on any atom is -0.460 e. The van der Waals surface area contributed by atoms with E-state index in [0.717, 1.165) is 22.6 Å². The molecule has 0 bridgehead atoms. The van der Waals surface area contributed by atoms with Crippen LogP contribution in [0.3, 0.4) is 0 Å². The molecule has 14 heteroatoms. The largest absolute Gasteiger partial charge is 0.460 e. The number of urea groups is 1. The van der Waals surface area contributed by atoms with Crippen molar-refractivity contribution in [2.75, 3.05) is 18.4 Å². The van der Waals surface area contributed by atoms with E-state index in [1.165, 1.54) is 0 Å². The number of carbonyl (C=O) groups is 7. The molecule has 0 unspecified atom stereocenters. The fraction of sp³-hybridized carbons (Fsp3) is 0.500. The Bertz CT molecular complexity index is 1250. The molecule has 2 rings (SSSR count). The second-order valence-corrected chi connectivity index (χ2v) is 11.7. The zero-order chi connectivity index (χ0) is 33.0. The van der Waals surface area contributed by atoms with Crippen LogP contribution in [0.4, 0.5) is 10.5 Å². The number of ether oxygens (including phenoxy) is 1. The van der Waals surface area contributed by atoms with Gasteiger partial charge in [-0.2, -0.15) is 0 Å². The number of carbonyl (C=O) groups excluding carboxylic acids is 7. The minimum atomic E-state index is -1.06. The summed E-state index contributed by atoms with van der Waals surface area (Å²) in [5.74, 6) is -3.85. The molecule has 240 valence electrons. The van der Waals surface area contributed by atoms with Gasteiger partial charge in [0.1, 0.15) is 25.2 Å². The number of primary amides is 1. The maximum absolute atomic E-state index is 13.3. The van der Waals surface area contributed by atoms with Gasteiger partial charge in [0.05, 0.1) is 5.41 Å². The predicted molar refractivity (Wildman–Crippen MR) is 160 cm³/mol. The molecule has 0 aliphatic carbocycles. The molecular formula is C30H42N6O8. The first-order valence-electron chi connectivity index (χ1n) is 14.3. The van der Waals surface area contributed by atoms with Gasteiger partial charge in [-0.25, -0.2) is 4.79 Å². The summed E-state index contributed by atoms with van der Waals surface area (Å²) in [4.78, 5) is 86.5. The fourth-order valence-electron chi connectivity index (χ4n) is 3.98. The maximum atomic E-state index is 13.3. The third-order valence-electron chi connectivity index (χ3n) is 6.52. The van der Waals surface area contributed by atoms with Gasteiger partial charge >= 0.3 is 12.0 Å². The van der Waals surface area contributed by atoms with Gasteiger partial charge in [-0.15, -0.1) is 0 Å². The number of nitrogens with zero attached hydrogens (tertiary/aromatic N) is 1. The van der Waals surface area contributed by atoms with Crippen molar-refractivity contribution >= 4 is 47.2 Å². The number of imide groups is 1. The Balaban J connectivity index is 2.07. The number of nitrogens with two attached hydrogens (primary N) is 1. The van der Waals surface area contributed by atoms with Gasteiger partial charge < -0.3 is 31.7 Å². The van der Waals surface area contributed by atoms with Crippen molar-refractivity contribution in [3.8, 4) is 0 Å². The van der Waals surface area contributed by atoms with Gasteiger partial charge in [-0.05, 0) is 63.6 Å². The highest BCUT2D eigenvalue weighted by molar-refractivity contribution is 6.14. The van der Waals surface area contributed by atoms with Crippen LogP contribution in [0.5, 0.6) is 0 Å². The molecule has 0 fully saturated rings. The van der Waals surface area contributed by atoms with E-state index >= 15 is 0 Å². The van der Waals surface area contributed by atoms with Crippen LogP contribution in [0, 0.1) is 11.3 Å². The Labute approximate surface area is 256 Å². The zero-order valence-corrected chi connectivity index (χ0v) is 25.7. The number of hydrogen-bond donors (Lipinski definition) is 5. The summed E-state index contributed by atoms with van der Waals surface area (Å²) in [5, 5.41) is 10.5. The lowest BCUT2D eigenvalue weighted by molar-refractivity contribution is -0.154. The van der Waals surface area contributed by atoms with E-state index in [0.29, 0.717) is 18.5 Å². The SMILES string of the molecule is CC(C)[C@@H](NC(=O)CN1C(=O)C=CC1=O)C(=O)N[C@H](CCCCNC(N)=O)C(=O)Nc1ccc(COC(=O)C(C)(C)C)cc1. The first-order valence-corrected chi connectivity index (χ1v) is 14.3. The maximum Gasteiger partial charge on any atom is 0.312 e. The van der Waals surface area contributed by atoms with Gasteiger partial charge in [-0.3, -0.25) is 33.7 Å². The van der Waals surface area contributed by atoms with Crippen molar-refractivity contribution in [1.82, 2.24) is 20.9 Å². The summed E-state index contributed by atoms with van der Waals surface area (Å²) in [6, 6.07) is 3.93. The van der Waals surface area contributed by atoms with Crippen LogP contribution in [0.15, 0.2) is 36.4 Å². The molecule has 0 radical (unpaired) electrons. The molecule has 6 N–H and O–H groups in total. The minimum absolute atomic E-state index is 0.0707. The number of rotatable bonds is 15. The number of unbranched alkanes of at least 4 members (excludes halogenated alkanes) is 1. The van der Waals surface area contributed by atoms with Crippen LogP contribution in [0.1, 0.15) is 59.4 Å². The highest BCUT2D eigenvalue weighted by Gasteiger charge is 2.31. The van der Waals surface area contributed by atoms with Crippen molar-refractivity contribution in [1.29, 1.82) is 0 Å². The lowest BCUT2D eigenvalue weighted by Crippen LogP contribution is -2.56. The Morgan fingerprint density at radius 1 is 0.909 bits per heavy atom. The second-order valence-electron chi connectivity index (χ2n) is 11.7. The molecule has 14 nitrogen and oxygen atoms in total. The van der Waals surface area contributed by atoms with Gasteiger partial charge in [-0.1, -0.05) is 26.0 Å². The molecule has 1 aliphatic heterocycles. The second kappa shape index (κ2) is 16.2. The van der Waals surface area contributed by atoms with Crippen LogP contribution < -0.4 is 27.0 Å². The van der Waals surface area contributed by atoms with Crippen molar-refractivity contribution < 1.29 is 38.3 Å². The normalized spacial score (nSPS) is 14.2. The molecule has 1 aromatic carbocycles. The molecule has 0 spiro atoms. The smallest absolute Gasteiger partial charge is 0.312 e. The molecule has 0 aromatic heterocycles. The molecular weight excluding hydrogens is 572 g/mol. The molecule has 0 saturated carbocycles. The summed E-state index contributed by atoms with van der Waals surface area (Å²) < 4.78 is 5.31. The van der Waals surface area contributed by atoms with Crippen molar-refractivity contribution in [2.24, 2.45) is 17.1 Å². The van der Waals surface area contributed by atoms with E-state index in [1.54, 1.807) is 58.9 Å².